The number of hydrogen-bond donors (Lipinski definition) is 0. The highest BCUT2D eigenvalue weighted by atomic mass is 14.2. The lowest BCUT2D eigenvalue weighted by atomic mass is 9.89. The van der Waals surface area contributed by atoms with Crippen LogP contribution in [0.4, 0.5) is 0 Å². The fourth-order valence-corrected chi connectivity index (χ4v) is 9.94. The second kappa shape index (κ2) is 16.2. The third-order valence-electron chi connectivity index (χ3n) is 13.0. The van der Waals surface area contributed by atoms with Gasteiger partial charge in [0.2, 0.25) is 0 Å². The molecule has 0 bridgehead atoms. The summed E-state index contributed by atoms with van der Waals surface area (Å²) in [5.74, 6) is 0. The lowest BCUT2D eigenvalue weighted by Crippen LogP contribution is -2.02. The van der Waals surface area contributed by atoms with Crippen LogP contribution < -0.4 is 0 Å². The number of rotatable bonds is 1. The highest BCUT2D eigenvalue weighted by molar-refractivity contribution is 5.93. The minimum absolute atomic E-state index is 1.23. The molecule has 0 heteroatoms. The van der Waals surface area contributed by atoms with E-state index in [0.717, 1.165) is 0 Å². The Morgan fingerprint density at radius 3 is 1.67 bits per heavy atom. The van der Waals surface area contributed by atoms with Crippen LogP contribution in [0.2, 0.25) is 0 Å². The summed E-state index contributed by atoms with van der Waals surface area (Å²) in [6.07, 6.45) is 14.1. The molecule has 0 fully saturated rings. The second-order valence-corrected chi connectivity index (χ2v) is 17.2. The first-order valence-corrected chi connectivity index (χ1v) is 21.6. The van der Waals surface area contributed by atoms with Gasteiger partial charge in [0.25, 0.3) is 0 Å². The molecule has 0 aliphatic heterocycles. The summed E-state index contributed by atoms with van der Waals surface area (Å²) in [6.45, 7) is 8.67. The van der Waals surface area contributed by atoms with Gasteiger partial charge in [-0.1, -0.05) is 150 Å². The van der Waals surface area contributed by atoms with E-state index in [2.05, 4.69) is 161 Å². The van der Waals surface area contributed by atoms with Crippen LogP contribution in [0.1, 0.15) is 86.0 Å². The van der Waals surface area contributed by atoms with Gasteiger partial charge in [0, 0.05) is 0 Å². The molecular weight excluding hydrogens is 685 g/mol. The van der Waals surface area contributed by atoms with Gasteiger partial charge in [-0.3, -0.25) is 0 Å². The van der Waals surface area contributed by atoms with E-state index >= 15 is 0 Å². The van der Waals surface area contributed by atoms with Gasteiger partial charge in [0.1, 0.15) is 0 Å². The Morgan fingerprint density at radius 2 is 0.877 bits per heavy atom. The molecule has 0 aromatic heterocycles. The summed E-state index contributed by atoms with van der Waals surface area (Å²) in [5.41, 5.74) is 20.6. The summed E-state index contributed by atoms with van der Waals surface area (Å²) in [5, 5.41) is 8.74. The van der Waals surface area contributed by atoms with Crippen LogP contribution >= 0.6 is 0 Å². The van der Waals surface area contributed by atoms with Crippen LogP contribution in [0.5, 0.6) is 0 Å². The van der Waals surface area contributed by atoms with Gasteiger partial charge >= 0.3 is 0 Å². The average molecular weight is 741 g/mol. The van der Waals surface area contributed by atoms with Crippen LogP contribution in [0, 0.1) is 27.7 Å². The lowest BCUT2D eigenvalue weighted by Gasteiger charge is -2.16. The molecule has 0 amide bonds. The molecule has 0 unspecified atom stereocenters. The third kappa shape index (κ3) is 7.93. The fraction of sp³-hybridized carbons (Fsp3) is 0.263. The van der Waals surface area contributed by atoms with Crippen LogP contribution in [0.15, 0.2) is 133 Å². The average Bonchev–Trinajstić information content (AvgIpc) is 3.99. The fourth-order valence-electron chi connectivity index (χ4n) is 9.94. The van der Waals surface area contributed by atoms with Gasteiger partial charge in [-0.25, -0.2) is 0 Å². The lowest BCUT2D eigenvalue weighted by molar-refractivity contribution is 0.687. The van der Waals surface area contributed by atoms with Crippen LogP contribution in [0.3, 0.4) is 0 Å². The third-order valence-corrected chi connectivity index (χ3v) is 13.0. The maximum absolute atomic E-state index is 2.40. The molecule has 0 saturated heterocycles. The van der Waals surface area contributed by atoms with E-state index in [0.29, 0.717) is 0 Å². The van der Waals surface area contributed by atoms with Crippen LogP contribution in [-0.2, 0) is 51.4 Å². The normalized spacial score (nSPS) is 14.2. The number of hydrogen-bond acceptors (Lipinski definition) is 0. The maximum Gasteiger partial charge on any atom is -0.0117 e. The van der Waals surface area contributed by atoms with E-state index < -0.39 is 0 Å². The van der Waals surface area contributed by atoms with Crippen molar-refractivity contribution in [1.29, 1.82) is 0 Å². The summed E-state index contributed by atoms with van der Waals surface area (Å²) in [7, 11) is 0. The van der Waals surface area contributed by atoms with Crippen LogP contribution in [0.25, 0.3) is 43.4 Å². The molecule has 0 radical (unpaired) electrons. The van der Waals surface area contributed by atoms with Crippen molar-refractivity contribution in [2.45, 2.75) is 98.3 Å². The van der Waals surface area contributed by atoms with Crippen molar-refractivity contribution in [3.63, 3.8) is 0 Å². The molecule has 4 aliphatic carbocycles. The first-order chi connectivity index (χ1) is 27.9. The Hall–Kier alpha value is -5.46. The molecule has 8 aromatic rings. The molecule has 4 aliphatic rings. The predicted molar refractivity (Wildman–Crippen MR) is 246 cm³/mol. The molecule has 8 aromatic carbocycles. The second-order valence-electron chi connectivity index (χ2n) is 17.2. The minimum atomic E-state index is 1.23. The molecule has 12 rings (SSSR count). The van der Waals surface area contributed by atoms with Gasteiger partial charge in [-0.2, -0.15) is 0 Å². The van der Waals surface area contributed by atoms with Gasteiger partial charge in [-0.05, 0) is 192 Å². The number of benzene rings is 8. The monoisotopic (exact) mass is 740 g/mol. The van der Waals surface area contributed by atoms with Crippen molar-refractivity contribution < 1.29 is 0 Å². The summed E-state index contributed by atoms with van der Waals surface area (Å²) in [4.78, 5) is 0. The molecule has 284 valence electrons. The van der Waals surface area contributed by atoms with E-state index in [1.54, 1.807) is 27.8 Å². The highest BCUT2D eigenvalue weighted by Gasteiger charge is 2.15. The van der Waals surface area contributed by atoms with Gasteiger partial charge in [-0.15, -0.1) is 0 Å². The van der Waals surface area contributed by atoms with E-state index in [1.807, 2.05) is 0 Å². The van der Waals surface area contributed by atoms with Crippen molar-refractivity contribution in [3.8, 4) is 11.1 Å². The smallest absolute Gasteiger partial charge is 0.0117 e. The molecule has 0 saturated carbocycles. The number of aryl methyl sites for hydroxylation is 12. The Morgan fingerprint density at radius 1 is 0.298 bits per heavy atom. The number of fused-ring (bicyclic) bond motifs is 3. The van der Waals surface area contributed by atoms with Gasteiger partial charge in [0.05, 0.1) is 0 Å². The Balaban J connectivity index is 0.0000000992. The maximum atomic E-state index is 2.40. The highest BCUT2D eigenvalue weighted by Crippen LogP contribution is 2.34. The molecule has 57 heavy (non-hydrogen) atoms. The summed E-state index contributed by atoms with van der Waals surface area (Å²) < 4.78 is 0. The molecule has 0 spiro atoms. The Bertz CT molecular complexity index is 2730. The topological polar surface area (TPSA) is 0 Å². The Labute approximate surface area is 340 Å². The quantitative estimate of drug-likeness (QED) is 0.157. The molecule has 0 nitrogen and oxygen atoms in total. The zero-order valence-corrected chi connectivity index (χ0v) is 34.5. The summed E-state index contributed by atoms with van der Waals surface area (Å²) >= 11 is 0. The first-order valence-electron chi connectivity index (χ1n) is 21.6. The molecule has 0 heterocycles. The van der Waals surface area contributed by atoms with E-state index in [4.69, 9.17) is 0 Å². The van der Waals surface area contributed by atoms with Crippen molar-refractivity contribution >= 4 is 32.3 Å². The SMILES string of the molecule is Cc1cc2c3c(cccc3c1)CC2.Cc1ccc(-c2ccc3c(c2)CCC3)cc1.Cc1ccc2c3c(cccc13)CC2.Cc1ccc2cc3c(cc2c1)CCCC3. The first kappa shape index (κ1) is 37.1. The van der Waals surface area contributed by atoms with Crippen molar-refractivity contribution in [2.24, 2.45) is 0 Å². The van der Waals surface area contributed by atoms with Crippen molar-refractivity contribution in [3.05, 3.63) is 200 Å². The molecule has 0 N–H and O–H groups in total. The molecule has 0 atom stereocenters. The predicted octanol–water partition coefficient (Wildman–Crippen LogP) is 14.7. The van der Waals surface area contributed by atoms with Crippen LogP contribution in [-0.4, -0.2) is 0 Å². The zero-order chi connectivity index (χ0) is 38.9. The van der Waals surface area contributed by atoms with Gasteiger partial charge < -0.3 is 0 Å². The van der Waals surface area contributed by atoms with Crippen molar-refractivity contribution in [2.75, 3.05) is 0 Å². The largest absolute Gasteiger partial charge is 0.0614 e. The Kier molecular flexibility index (Phi) is 10.5. The van der Waals surface area contributed by atoms with E-state index in [-0.39, 0.29) is 0 Å². The zero-order valence-electron chi connectivity index (χ0n) is 34.5. The van der Waals surface area contributed by atoms with Crippen molar-refractivity contribution in [1.82, 2.24) is 0 Å². The van der Waals surface area contributed by atoms with E-state index in [1.165, 1.54) is 153 Å². The van der Waals surface area contributed by atoms with Gasteiger partial charge in [0.15, 0.2) is 0 Å². The van der Waals surface area contributed by atoms with E-state index in [9.17, 15) is 0 Å². The summed E-state index contributed by atoms with van der Waals surface area (Å²) in [6, 6.07) is 49.7. The minimum Gasteiger partial charge on any atom is -0.0614 e. The standard InChI is InChI=1S/C16H16.C15H16.2C13H12/c1-12-5-7-14(8-6-12)16-10-9-13-3-2-4-15(13)11-16;1-11-6-7-14-9-12-4-2-3-5-13(12)10-15(14)8-11;1-9-7-11-4-2-3-10-5-6-12(8-9)13(10)11;1-9-5-6-11-8-7-10-3-2-4-12(9)13(10)11/h5-11H,2-4H2,1H3;6-10H,2-5H2,1H3;2-4,7-8H,5-6H2,1H3;2-6H,7-8H2,1H3. The molecular formula is C57H56.